The molecule has 1 amide bonds. The van der Waals surface area contributed by atoms with Crippen molar-refractivity contribution < 1.29 is 14.3 Å². The Hall–Kier alpha value is -1.84. The lowest BCUT2D eigenvalue weighted by Crippen LogP contribution is -2.47. The molecule has 0 spiro atoms. The molecule has 140 valence electrons. The summed E-state index contributed by atoms with van der Waals surface area (Å²) in [6.45, 7) is 1.68. The highest BCUT2D eigenvalue weighted by atomic mass is 16.5. The highest BCUT2D eigenvalue weighted by Crippen LogP contribution is 2.61. The van der Waals surface area contributed by atoms with Crippen LogP contribution in [0.4, 0.5) is 5.69 Å². The van der Waals surface area contributed by atoms with Crippen molar-refractivity contribution >= 4 is 17.6 Å². The first-order valence-electron chi connectivity index (χ1n) is 9.96. The van der Waals surface area contributed by atoms with Crippen LogP contribution in [0.15, 0.2) is 30.3 Å². The summed E-state index contributed by atoms with van der Waals surface area (Å²) in [7, 11) is 1.72. The molecule has 4 aliphatic carbocycles. The number of carbonyl (C=O) groups is 2. The van der Waals surface area contributed by atoms with Crippen molar-refractivity contribution in [2.45, 2.75) is 58.0 Å². The van der Waals surface area contributed by atoms with Crippen LogP contribution in [0.2, 0.25) is 0 Å². The molecule has 1 aromatic rings. The van der Waals surface area contributed by atoms with E-state index >= 15 is 0 Å². The third kappa shape index (κ3) is 3.38. The first-order valence-corrected chi connectivity index (χ1v) is 9.96. The minimum Gasteiger partial charge on any atom is -0.453 e. The fourth-order valence-corrected chi connectivity index (χ4v) is 6.15. The van der Waals surface area contributed by atoms with Crippen molar-refractivity contribution in [3.63, 3.8) is 0 Å². The Morgan fingerprint density at radius 3 is 2.15 bits per heavy atom. The van der Waals surface area contributed by atoms with Gasteiger partial charge < -0.3 is 9.64 Å². The zero-order valence-corrected chi connectivity index (χ0v) is 15.8. The van der Waals surface area contributed by atoms with Gasteiger partial charge in [-0.2, -0.15) is 0 Å². The summed E-state index contributed by atoms with van der Waals surface area (Å²) in [5.41, 5.74) is 0.960. The fourth-order valence-electron chi connectivity index (χ4n) is 6.15. The topological polar surface area (TPSA) is 46.6 Å². The van der Waals surface area contributed by atoms with Crippen LogP contribution in [0.1, 0.15) is 51.9 Å². The van der Waals surface area contributed by atoms with Crippen LogP contribution in [0.5, 0.6) is 0 Å². The molecular weight excluding hydrogens is 326 g/mol. The van der Waals surface area contributed by atoms with Crippen LogP contribution in [0, 0.1) is 23.2 Å². The van der Waals surface area contributed by atoms with E-state index in [1.54, 1.807) is 18.9 Å². The summed E-state index contributed by atoms with van der Waals surface area (Å²) in [5.74, 6) is 2.07. The van der Waals surface area contributed by atoms with Crippen LogP contribution < -0.4 is 4.90 Å². The number of anilines is 1. The lowest BCUT2D eigenvalue weighted by molar-refractivity contribution is -0.160. The molecule has 4 heteroatoms. The number of likely N-dealkylation sites (N-methyl/N-ethyl adjacent to an activating group) is 1. The molecule has 0 radical (unpaired) electrons. The van der Waals surface area contributed by atoms with Crippen molar-refractivity contribution in [3.05, 3.63) is 30.3 Å². The molecule has 4 aliphatic rings. The van der Waals surface area contributed by atoms with Crippen LogP contribution in [-0.2, 0) is 14.3 Å². The van der Waals surface area contributed by atoms with Crippen molar-refractivity contribution in [1.82, 2.24) is 0 Å². The second kappa shape index (κ2) is 6.71. The average molecular weight is 355 g/mol. The van der Waals surface area contributed by atoms with E-state index in [4.69, 9.17) is 4.74 Å². The van der Waals surface area contributed by atoms with Crippen molar-refractivity contribution in [1.29, 1.82) is 0 Å². The normalized spacial score (nSPS) is 32.9. The second-order valence-electron chi connectivity index (χ2n) is 8.96. The Kier molecular flexibility index (Phi) is 4.54. The second-order valence-corrected chi connectivity index (χ2v) is 8.96. The summed E-state index contributed by atoms with van der Waals surface area (Å²) in [6, 6.07) is 9.45. The van der Waals surface area contributed by atoms with E-state index in [1.807, 2.05) is 30.3 Å². The molecule has 4 fully saturated rings. The first kappa shape index (κ1) is 17.6. The zero-order chi connectivity index (χ0) is 18.3. The Balaban J connectivity index is 1.35. The van der Waals surface area contributed by atoms with Gasteiger partial charge in [0.2, 0.25) is 0 Å². The quantitative estimate of drug-likeness (QED) is 0.744. The van der Waals surface area contributed by atoms with Gasteiger partial charge in [-0.15, -0.1) is 0 Å². The van der Waals surface area contributed by atoms with Gasteiger partial charge in [0.15, 0.2) is 6.10 Å². The molecular formula is C22H29NO3. The summed E-state index contributed by atoms with van der Waals surface area (Å²) in [5, 5.41) is 0. The molecule has 0 heterocycles. The number of hydrogen-bond acceptors (Lipinski definition) is 3. The van der Waals surface area contributed by atoms with Gasteiger partial charge in [-0.3, -0.25) is 9.59 Å². The highest BCUT2D eigenvalue weighted by Gasteiger charge is 2.51. The van der Waals surface area contributed by atoms with E-state index in [2.05, 4.69) is 0 Å². The maximum absolute atomic E-state index is 12.6. The summed E-state index contributed by atoms with van der Waals surface area (Å²) >= 11 is 0. The molecule has 4 bridgehead atoms. The Morgan fingerprint density at radius 2 is 1.62 bits per heavy atom. The van der Waals surface area contributed by atoms with Gasteiger partial charge in [0.25, 0.3) is 5.91 Å². The third-order valence-corrected chi connectivity index (χ3v) is 6.81. The largest absolute Gasteiger partial charge is 0.453 e. The van der Waals surface area contributed by atoms with Crippen LogP contribution in [0.3, 0.4) is 0 Å². The number of rotatable bonds is 5. The standard InChI is InChI=1S/C22H29NO3/c1-15(21(25)23(2)19-6-4-3-5-7-19)26-20(24)14-22-11-16-8-17(12-22)10-18(9-16)13-22/h3-7,15-18H,8-14H2,1-2H3/t15-,16?,17?,18?,22?/m1/s1. The summed E-state index contributed by atoms with van der Waals surface area (Å²) in [4.78, 5) is 26.8. The minimum atomic E-state index is -0.749. The SMILES string of the molecule is C[C@@H](OC(=O)CC12CC3CC(CC(C3)C1)C2)C(=O)N(C)c1ccccc1. The molecule has 5 rings (SSSR count). The third-order valence-electron chi connectivity index (χ3n) is 6.81. The Bertz CT molecular complexity index is 649. The maximum atomic E-state index is 12.6. The number of para-hydroxylation sites is 1. The van der Waals surface area contributed by atoms with Gasteiger partial charge in [0.1, 0.15) is 0 Å². The van der Waals surface area contributed by atoms with E-state index in [9.17, 15) is 9.59 Å². The Labute approximate surface area is 155 Å². The number of benzene rings is 1. The molecule has 4 nitrogen and oxygen atoms in total. The van der Waals surface area contributed by atoms with Gasteiger partial charge in [0.05, 0.1) is 6.42 Å². The van der Waals surface area contributed by atoms with Crippen LogP contribution >= 0.6 is 0 Å². The van der Waals surface area contributed by atoms with E-state index in [0.29, 0.717) is 6.42 Å². The lowest BCUT2D eigenvalue weighted by Gasteiger charge is -2.56. The van der Waals surface area contributed by atoms with Gasteiger partial charge in [-0.1, -0.05) is 18.2 Å². The molecule has 0 unspecified atom stereocenters. The molecule has 0 saturated heterocycles. The predicted octanol–water partition coefficient (Wildman–Crippen LogP) is 4.19. The monoisotopic (exact) mass is 355 g/mol. The smallest absolute Gasteiger partial charge is 0.307 e. The zero-order valence-electron chi connectivity index (χ0n) is 15.8. The maximum Gasteiger partial charge on any atom is 0.307 e. The molecule has 1 aromatic carbocycles. The molecule has 0 aliphatic heterocycles. The predicted molar refractivity (Wildman–Crippen MR) is 101 cm³/mol. The molecule has 26 heavy (non-hydrogen) atoms. The van der Waals surface area contributed by atoms with Crippen molar-refractivity contribution in [2.75, 3.05) is 11.9 Å². The number of esters is 1. The van der Waals surface area contributed by atoms with Crippen LogP contribution in [-0.4, -0.2) is 25.0 Å². The average Bonchev–Trinajstić information content (AvgIpc) is 2.59. The van der Waals surface area contributed by atoms with Crippen molar-refractivity contribution in [2.24, 2.45) is 23.2 Å². The summed E-state index contributed by atoms with van der Waals surface area (Å²) in [6.07, 6.45) is 7.38. The van der Waals surface area contributed by atoms with E-state index in [-0.39, 0.29) is 17.3 Å². The molecule has 4 saturated carbocycles. The Morgan fingerprint density at radius 1 is 1.08 bits per heavy atom. The van der Waals surface area contributed by atoms with E-state index in [1.165, 1.54) is 38.5 Å². The summed E-state index contributed by atoms with van der Waals surface area (Å²) < 4.78 is 5.56. The number of nitrogens with zero attached hydrogens (tertiary/aromatic N) is 1. The molecule has 0 aromatic heterocycles. The van der Waals surface area contributed by atoms with Gasteiger partial charge in [-0.05, 0) is 80.8 Å². The fraction of sp³-hybridized carbons (Fsp3) is 0.636. The van der Waals surface area contributed by atoms with Gasteiger partial charge in [0, 0.05) is 12.7 Å². The van der Waals surface area contributed by atoms with E-state index in [0.717, 1.165) is 23.4 Å². The lowest BCUT2D eigenvalue weighted by atomic mass is 9.49. The number of hydrogen-bond donors (Lipinski definition) is 0. The van der Waals surface area contributed by atoms with E-state index < -0.39 is 6.10 Å². The van der Waals surface area contributed by atoms with Crippen molar-refractivity contribution in [3.8, 4) is 0 Å². The van der Waals surface area contributed by atoms with Gasteiger partial charge >= 0.3 is 5.97 Å². The number of carbonyl (C=O) groups excluding carboxylic acids is 2. The molecule has 0 N–H and O–H groups in total. The van der Waals surface area contributed by atoms with Gasteiger partial charge in [-0.25, -0.2) is 0 Å². The molecule has 1 atom stereocenters. The van der Waals surface area contributed by atoms with Crippen LogP contribution in [0.25, 0.3) is 0 Å². The number of ether oxygens (including phenoxy) is 1. The first-order chi connectivity index (χ1) is 12.4. The minimum absolute atomic E-state index is 0.153. The highest BCUT2D eigenvalue weighted by molar-refractivity contribution is 5.96. The number of amides is 1.